The number of benzene rings is 1. The molecule has 0 saturated heterocycles. The number of phenols is 1. The number of hydrogen-bond donors (Lipinski definition) is 2. The van der Waals surface area contributed by atoms with Gasteiger partial charge in [-0.2, -0.15) is 0 Å². The molecule has 2 rings (SSSR count). The van der Waals surface area contributed by atoms with Crippen molar-refractivity contribution in [3.05, 3.63) is 42.0 Å². The molecule has 0 radical (unpaired) electrons. The van der Waals surface area contributed by atoms with Crippen LogP contribution in [0.3, 0.4) is 0 Å². The Bertz CT molecular complexity index is 561. The minimum Gasteiger partial charge on any atom is -0.508 e. The van der Waals surface area contributed by atoms with E-state index in [9.17, 15) is 14.4 Å². The zero-order chi connectivity index (χ0) is 14.7. The summed E-state index contributed by atoms with van der Waals surface area (Å²) in [4.78, 5) is 38.8. The van der Waals surface area contributed by atoms with Gasteiger partial charge in [-0.1, -0.05) is 17.2 Å². The number of hydrogen-bond acceptors (Lipinski definition) is 6. The molecule has 1 aromatic rings. The van der Waals surface area contributed by atoms with Crippen LogP contribution in [-0.2, 0) is 25.6 Å². The molecule has 1 aromatic carbocycles. The summed E-state index contributed by atoms with van der Waals surface area (Å²) in [5.41, 5.74) is 6.36. The molecule has 0 aliphatic carbocycles. The first-order valence-electron chi connectivity index (χ1n) is 5.79. The molecule has 3 N–H and O–H groups in total. The molecule has 7 nitrogen and oxygen atoms in total. The van der Waals surface area contributed by atoms with E-state index in [0.717, 1.165) is 12.2 Å². The van der Waals surface area contributed by atoms with Crippen LogP contribution in [0.15, 0.2) is 36.4 Å². The van der Waals surface area contributed by atoms with Gasteiger partial charge in [0.05, 0.1) is 0 Å². The van der Waals surface area contributed by atoms with E-state index in [2.05, 4.69) is 4.84 Å². The van der Waals surface area contributed by atoms with E-state index in [1.165, 1.54) is 12.1 Å². The number of carbonyl (C=O) groups excluding carboxylic acids is 3. The first kappa shape index (κ1) is 13.8. The highest BCUT2D eigenvalue weighted by molar-refractivity contribution is 6.12. The fourth-order valence-corrected chi connectivity index (χ4v) is 1.60. The number of hydroxylamine groups is 2. The maximum Gasteiger partial charge on any atom is 0.350 e. The van der Waals surface area contributed by atoms with Crippen molar-refractivity contribution in [3.8, 4) is 5.75 Å². The number of carbonyl (C=O) groups is 3. The van der Waals surface area contributed by atoms with Crippen LogP contribution in [0, 0.1) is 0 Å². The van der Waals surface area contributed by atoms with Gasteiger partial charge in [-0.25, -0.2) is 4.79 Å². The van der Waals surface area contributed by atoms with Gasteiger partial charge >= 0.3 is 5.97 Å². The lowest BCUT2D eigenvalue weighted by Crippen LogP contribution is -2.41. The lowest BCUT2D eigenvalue weighted by molar-refractivity contribution is -0.197. The zero-order valence-electron chi connectivity index (χ0n) is 10.4. The van der Waals surface area contributed by atoms with Gasteiger partial charge in [-0.3, -0.25) is 9.59 Å². The van der Waals surface area contributed by atoms with Crippen LogP contribution in [0.5, 0.6) is 5.75 Å². The van der Waals surface area contributed by atoms with Gasteiger partial charge in [0, 0.05) is 12.2 Å². The lowest BCUT2D eigenvalue weighted by atomic mass is 10.1. The molecule has 0 unspecified atom stereocenters. The van der Waals surface area contributed by atoms with E-state index in [0.29, 0.717) is 10.6 Å². The van der Waals surface area contributed by atoms with Gasteiger partial charge in [-0.15, -0.1) is 0 Å². The first-order chi connectivity index (χ1) is 9.47. The van der Waals surface area contributed by atoms with Crippen molar-refractivity contribution in [3.63, 3.8) is 0 Å². The van der Waals surface area contributed by atoms with E-state index >= 15 is 0 Å². The molecule has 2 amide bonds. The fourth-order valence-electron chi connectivity index (χ4n) is 1.60. The largest absolute Gasteiger partial charge is 0.508 e. The van der Waals surface area contributed by atoms with E-state index in [1.807, 2.05) is 0 Å². The van der Waals surface area contributed by atoms with Crippen LogP contribution in [0.2, 0.25) is 0 Å². The van der Waals surface area contributed by atoms with Crippen LogP contribution < -0.4 is 5.73 Å². The molecule has 0 spiro atoms. The molecule has 1 aliphatic heterocycles. The molecular formula is C13H12N2O5. The summed E-state index contributed by atoms with van der Waals surface area (Å²) >= 11 is 0. The second-order valence-electron chi connectivity index (χ2n) is 4.19. The van der Waals surface area contributed by atoms with Crippen LogP contribution in [-0.4, -0.2) is 34.0 Å². The fraction of sp³-hybridized carbons (Fsp3) is 0.154. The highest BCUT2D eigenvalue weighted by Gasteiger charge is 2.30. The second-order valence-corrected chi connectivity index (χ2v) is 4.19. The topological polar surface area (TPSA) is 110 Å². The highest BCUT2D eigenvalue weighted by Crippen LogP contribution is 2.12. The van der Waals surface area contributed by atoms with Crippen molar-refractivity contribution in [2.75, 3.05) is 0 Å². The maximum absolute atomic E-state index is 11.7. The van der Waals surface area contributed by atoms with Crippen molar-refractivity contribution < 1.29 is 24.3 Å². The van der Waals surface area contributed by atoms with Crippen molar-refractivity contribution in [2.24, 2.45) is 5.73 Å². The van der Waals surface area contributed by atoms with Crippen molar-refractivity contribution in [1.82, 2.24) is 5.06 Å². The number of rotatable bonds is 4. The molecule has 1 heterocycles. The minimum atomic E-state index is -1.03. The summed E-state index contributed by atoms with van der Waals surface area (Å²) in [5.74, 6) is -2.23. The molecule has 0 fully saturated rings. The molecule has 0 saturated carbocycles. The molecule has 1 aliphatic rings. The van der Waals surface area contributed by atoms with Crippen LogP contribution in [0.1, 0.15) is 5.56 Å². The van der Waals surface area contributed by atoms with Crippen LogP contribution in [0.25, 0.3) is 0 Å². The summed E-state index contributed by atoms with van der Waals surface area (Å²) in [5, 5.41) is 9.50. The minimum absolute atomic E-state index is 0.101. The van der Waals surface area contributed by atoms with Crippen molar-refractivity contribution in [2.45, 2.75) is 12.5 Å². The molecule has 20 heavy (non-hydrogen) atoms. The summed E-state index contributed by atoms with van der Waals surface area (Å²) in [6.07, 6.45) is 2.16. The van der Waals surface area contributed by atoms with Crippen molar-refractivity contribution >= 4 is 17.8 Å². The normalized spacial score (nSPS) is 15.6. The molecule has 104 valence electrons. The number of amides is 2. The molecule has 7 heteroatoms. The lowest BCUT2D eigenvalue weighted by Gasteiger charge is -2.16. The Kier molecular flexibility index (Phi) is 3.81. The predicted octanol–water partition coefficient (Wildman–Crippen LogP) is -0.355. The number of nitrogens with zero attached hydrogens (tertiary/aromatic N) is 1. The first-order valence-corrected chi connectivity index (χ1v) is 5.79. The number of imide groups is 1. The SMILES string of the molecule is N[C@@H](Cc1ccc(O)cc1)C(=O)ON1C(=O)C=CC1=O. The Morgan fingerprint density at radius 3 is 2.30 bits per heavy atom. The average molecular weight is 276 g/mol. The summed E-state index contributed by atoms with van der Waals surface area (Å²) in [6.45, 7) is 0. The highest BCUT2D eigenvalue weighted by atomic mass is 16.7. The van der Waals surface area contributed by atoms with Crippen molar-refractivity contribution in [1.29, 1.82) is 0 Å². The third kappa shape index (κ3) is 3.01. The smallest absolute Gasteiger partial charge is 0.350 e. The Morgan fingerprint density at radius 1 is 1.20 bits per heavy atom. The zero-order valence-corrected chi connectivity index (χ0v) is 10.4. The molecule has 1 atom stereocenters. The number of nitrogens with two attached hydrogens (primary N) is 1. The standard InChI is InChI=1S/C13H12N2O5/c14-10(7-8-1-3-9(16)4-2-8)13(19)20-15-11(17)5-6-12(15)18/h1-6,10,16H,7,14H2/t10-/m0/s1. The van der Waals surface area contributed by atoms with Gasteiger partial charge in [0.1, 0.15) is 11.8 Å². The summed E-state index contributed by atoms with van der Waals surface area (Å²) in [6, 6.07) is 5.11. The molecular weight excluding hydrogens is 264 g/mol. The van der Waals surface area contributed by atoms with E-state index < -0.39 is 23.8 Å². The third-order valence-electron chi connectivity index (χ3n) is 2.64. The summed E-state index contributed by atoms with van der Waals surface area (Å²) in [7, 11) is 0. The van der Waals surface area contributed by atoms with E-state index in [1.54, 1.807) is 12.1 Å². The van der Waals surface area contributed by atoms with Gasteiger partial charge in [0.15, 0.2) is 0 Å². The van der Waals surface area contributed by atoms with Crippen LogP contribution >= 0.6 is 0 Å². The Balaban J connectivity index is 1.94. The number of phenolic OH excluding ortho intramolecular Hbond substituents is 1. The Hall–Kier alpha value is -2.67. The van der Waals surface area contributed by atoms with E-state index in [4.69, 9.17) is 10.8 Å². The van der Waals surface area contributed by atoms with E-state index in [-0.39, 0.29) is 12.2 Å². The van der Waals surface area contributed by atoms with Gasteiger partial charge < -0.3 is 15.7 Å². The van der Waals surface area contributed by atoms with Gasteiger partial charge in [0.25, 0.3) is 11.8 Å². The average Bonchev–Trinajstić information content (AvgIpc) is 2.73. The molecule has 0 aromatic heterocycles. The van der Waals surface area contributed by atoms with Gasteiger partial charge in [0.2, 0.25) is 0 Å². The van der Waals surface area contributed by atoms with Crippen LogP contribution in [0.4, 0.5) is 0 Å². The second kappa shape index (κ2) is 5.54. The third-order valence-corrected chi connectivity index (χ3v) is 2.64. The molecule has 0 bridgehead atoms. The van der Waals surface area contributed by atoms with Gasteiger partial charge in [-0.05, 0) is 24.1 Å². The Morgan fingerprint density at radius 2 is 1.75 bits per heavy atom. The maximum atomic E-state index is 11.7. The monoisotopic (exact) mass is 276 g/mol. The Labute approximate surface area is 114 Å². The number of aromatic hydroxyl groups is 1. The quantitative estimate of drug-likeness (QED) is 0.727. The predicted molar refractivity (Wildman–Crippen MR) is 66.9 cm³/mol. The summed E-state index contributed by atoms with van der Waals surface area (Å²) < 4.78 is 0.